The summed E-state index contributed by atoms with van der Waals surface area (Å²) >= 11 is 0. The Morgan fingerprint density at radius 2 is 1.95 bits per heavy atom. The standard InChI is InChI=1S/C13H22N4O2/c14-12(18)17-11-5-10-16(13(17)19)9-4-8-15-6-2-1-3-7-15/h5,11H,1-4,6-10H2,(H2,14,18). The van der Waals surface area contributed by atoms with Crippen LogP contribution in [-0.4, -0.2) is 59.5 Å². The van der Waals surface area contributed by atoms with E-state index in [0.717, 1.165) is 17.9 Å². The van der Waals surface area contributed by atoms with Gasteiger partial charge in [0.05, 0.1) is 0 Å². The molecule has 0 aliphatic carbocycles. The van der Waals surface area contributed by atoms with Gasteiger partial charge in [-0.1, -0.05) is 6.42 Å². The van der Waals surface area contributed by atoms with Gasteiger partial charge in [0, 0.05) is 19.3 Å². The van der Waals surface area contributed by atoms with Crippen LogP contribution in [-0.2, 0) is 0 Å². The zero-order valence-electron chi connectivity index (χ0n) is 11.3. The maximum Gasteiger partial charge on any atom is 0.332 e. The van der Waals surface area contributed by atoms with Gasteiger partial charge in [-0.25, -0.2) is 14.5 Å². The lowest BCUT2D eigenvalue weighted by Crippen LogP contribution is -2.48. The van der Waals surface area contributed by atoms with Crippen LogP contribution in [0.4, 0.5) is 9.59 Å². The van der Waals surface area contributed by atoms with Crippen LogP contribution in [0.2, 0.25) is 0 Å². The van der Waals surface area contributed by atoms with Crippen molar-refractivity contribution in [3.8, 4) is 0 Å². The monoisotopic (exact) mass is 266 g/mol. The number of nitrogens with zero attached hydrogens (tertiary/aromatic N) is 3. The summed E-state index contributed by atoms with van der Waals surface area (Å²) in [5.74, 6) is 0. The van der Waals surface area contributed by atoms with E-state index in [2.05, 4.69) is 4.90 Å². The van der Waals surface area contributed by atoms with E-state index in [0.29, 0.717) is 13.1 Å². The summed E-state index contributed by atoms with van der Waals surface area (Å²) in [7, 11) is 0. The lowest BCUT2D eigenvalue weighted by atomic mass is 10.1. The summed E-state index contributed by atoms with van der Waals surface area (Å²) in [6.07, 6.45) is 8.06. The summed E-state index contributed by atoms with van der Waals surface area (Å²) in [4.78, 5) is 28.1. The molecule has 2 N–H and O–H groups in total. The highest BCUT2D eigenvalue weighted by Crippen LogP contribution is 2.11. The van der Waals surface area contributed by atoms with Gasteiger partial charge in [-0.2, -0.15) is 0 Å². The Balaban J connectivity index is 1.75. The number of amides is 4. The second kappa shape index (κ2) is 6.56. The molecule has 0 aromatic heterocycles. The molecular weight excluding hydrogens is 244 g/mol. The van der Waals surface area contributed by atoms with Crippen molar-refractivity contribution in [3.63, 3.8) is 0 Å². The molecule has 1 fully saturated rings. The summed E-state index contributed by atoms with van der Waals surface area (Å²) in [6, 6.07) is -1.03. The van der Waals surface area contributed by atoms with Crippen molar-refractivity contribution < 1.29 is 9.59 Å². The van der Waals surface area contributed by atoms with Crippen molar-refractivity contribution in [2.75, 3.05) is 32.7 Å². The van der Waals surface area contributed by atoms with Crippen LogP contribution in [0.25, 0.3) is 0 Å². The van der Waals surface area contributed by atoms with Crippen LogP contribution in [0.15, 0.2) is 12.3 Å². The number of hydrogen-bond acceptors (Lipinski definition) is 3. The molecule has 0 spiro atoms. The third-order valence-corrected chi connectivity index (χ3v) is 3.65. The molecule has 0 radical (unpaired) electrons. The van der Waals surface area contributed by atoms with E-state index in [9.17, 15) is 9.59 Å². The molecule has 0 unspecified atom stereocenters. The van der Waals surface area contributed by atoms with E-state index < -0.39 is 6.03 Å². The van der Waals surface area contributed by atoms with Gasteiger partial charge in [-0.15, -0.1) is 0 Å². The highest BCUT2D eigenvalue weighted by atomic mass is 16.2. The van der Waals surface area contributed by atoms with Crippen molar-refractivity contribution in [2.45, 2.75) is 25.7 Å². The Morgan fingerprint density at radius 1 is 1.21 bits per heavy atom. The highest BCUT2D eigenvalue weighted by Gasteiger charge is 2.25. The molecule has 2 rings (SSSR count). The fourth-order valence-electron chi connectivity index (χ4n) is 2.60. The van der Waals surface area contributed by atoms with E-state index >= 15 is 0 Å². The van der Waals surface area contributed by atoms with Crippen molar-refractivity contribution in [1.29, 1.82) is 0 Å². The maximum absolute atomic E-state index is 11.9. The summed E-state index contributed by atoms with van der Waals surface area (Å²) in [5, 5.41) is 0. The predicted molar refractivity (Wildman–Crippen MR) is 72.4 cm³/mol. The lowest BCUT2D eigenvalue weighted by molar-refractivity contribution is 0.164. The van der Waals surface area contributed by atoms with E-state index in [1.165, 1.54) is 38.6 Å². The van der Waals surface area contributed by atoms with Gasteiger partial charge in [-0.3, -0.25) is 0 Å². The highest BCUT2D eigenvalue weighted by molar-refractivity contribution is 5.94. The minimum Gasteiger partial charge on any atom is -0.351 e. The zero-order valence-corrected chi connectivity index (χ0v) is 11.3. The van der Waals surface area contributed by atoms with Crippen molar-refractivity contribution in [2.24, 2.45) is 5.73 Å². The van der Waals surface area contributed by atoms with E-state index in [1.54, 1.807) is 11.0 Å². The molecule has 0 aromatic carbocycles. The molecule has 6 heteroatoms. The number of carbonyl (C=O) groups is 2. The summed E-state index contributed by atoms with van der Waals surface area (Å²) in [6.45, 7) is 4.58. The van der Waals surface area contributed by atoms with E-state index in [1.807, 2.05) is 0 Å². The number of piperidine rings is 1. The Morgan fingerprint density at radius 3 is 2.63 bits per heavy atom. The molecule has 0 saturated carbocycles. The second-order valence-corrected chi connectivity index (χ2v) is 5.08. The zero-order chi connectivity index (χ0) is 13.7. The average Bonchev–Trinajstić information content (AvgIpc) is 2.41. The average molecular weight is 266 g/mol. The molecule has 2 aliphatic rings. The summed E-state index contributed by atoms with van der Waals surface area (Å²) < 4.78 is 0. The first kappa shape index (κ1) is 13.9. The van der Waals surface area contributed by atoms with Crippen LogP contribution in [0.3, 0.4) is 0 Å². The quantitative estimate of drug-likeness (QED) is 0.831. The number of likely N-dealkylation sites (tertiary alicyclic amines) is 1. The molecule has 2 heterocycles. The topological polar surface area (TPSA) is 69.9 Å². The first-order chi connectivity index (χ1) is 9.18. The Bertz CT molecular complexity index is 364. The molecule has 1 saturated heterocycles. The molecule has 4 amide bonds. The Labute approximate surface area is 113 Å². The van der Waals surface area contributed by atoms with Crippen LogP contribution >= 0.6 is 0 Å². The smallest absolute Gasteiger partial charge is 0.332 e. The van der Waals surface area contributed by atoms with Gasteiger partial charge < -0.3 is 15.5 Å². The molecule has 2 aliphatic heterocycles. The number of nitrogens with two attached hydrogens (primary N) is 1. The largest absolute Gasteiger partial charge is 0.351 e. The number of primary amides is 1. The molecule has 19 heavy (non-hydrogen) atoms. The van der Waals surface area contributed by atoms with Crippen LogP contribution < -0.4 is 5.73 Å². The van der Waals surface area contributed by atoms with Crippen molar-refractivity contribution in [1.82, 2.24) is 14.7 Å². The van der Waals surface area contributed by atoms with Gasteiger partial charge >= 0.3 is 12.1 Å². The molecular formula is C13H22N4O2. The fourth-order valence-corrected chi connectivity index (χ4v) is 2.60. The van der Waals surface area contributed by atoms with Gasteiger partial charge in [0.25, 0.3) is 0 Å². The normalized spacial score (nSPS) is 20.9. The van der Waals surface area contributed by atoms with E-state index in [-0.39, 0.29) is 6.03 Å². The van der Waals surface area contributed by atoms with Gasteiger partial charge in [0.2, 0.25) is 0 Å². The molecule has 106 valence electrons. The fraction of sp³-hybridized carbons (Fsp3) is 0.692. The first-order valence-electron chi connectivity index (χ1n) is 6.95. The SMILES string of the molecule is NC(=O)N1C=CCN(CCCN2CCCCC2)C1=O. The first-order valence-corrected chi connectivity index (χ1v) is 6.95. The number of rotatable bonds is 4. The van der Waals surface area contributed by atoms with Gasteiger partial charge in [-0.05, 0) is 45.0 Å². The Kier molecular flexibility index (Phi) is 4.79. The molecule has 0 aromatic rings. The molecule has 6 nitrogen and oxygen atoms in total. The van der Waals surface area contributed by atoms with Crippen LogP contribution in [0.1, 0.15) is 25.7 Å². The van der Waals surface area contributed by atoms with E-state index in [4.69, 9.17) is 5.73 Å². The number of urea groups is 2. The van der Waals surface area contributed by atoms with Gasteiger partial charge in [0.15, 0.2) is 0 Å². The molecule has 0 bridgehead atoms. The summed E-state index contributed by atoms with van der Waals surface area (Å²) in [5.41, 5.74) is 5.15. The number of carbonyl (C=O) groups excluding carboxylic acids is 2. The third kappa shape index (κ3) is 3.70. The minimum absolute atomic E-state index is 0.311. The Hall–Kier alpha value is -1.56. The second-order valence-electron chi connectivity index (χ2n) is 5.08. The van der Waals surface area contributed by atoms with Crippen LogP contribution in [0.5, 0.6) is 0 Å². The lowest BCUT2D eigenvalue weighted by Gasteiger charge is -2.31. The van der Waals surface area contributed by atoms with Crippen molar-refractivity contribution >= 4 is 12.1 Å². The van der Waals surface area contributed by atoms with Crippen molar-refractivity contribution in [3.05, 3.63) is 12.3 Å². The minimum atomic E-state index is -0.720. The van der Waals surface area contributed by atoms with Crippen LogP contribution in [0, 0.1) is 0 Å². The third-order valence-electron chi connectivity index (χ3n) is 3.65. The van der Waals surface area contributed by atoms with Gasteiger partial charge in [0.1, 0.15) is 0 Å². The maximum atomic E-state index is 11.9. The molecule has 0 atom stereocenters. The number of imide groups is 1. The number of hydrogen-bond donors (Lipinski definition) is 1. The predicted octanol–water partition coefficient (Wildman–Crippen LogP) is 1.19.